The standard InChI is InChI=1S/C31H29BrF3N2OP/c1-5-37-28-12-7-6-11-26(28)27-20-25(17-18-29(27)37)39(30(2,3)4,38-24-15-13-22(32)14-16-24)36-23-10-8-9-21(19-23)31(33,34)35/h6-20H,5H2,1-4H3. The van der Waals surface area contributed by atoms with Crippen molar-refractivity contribution in [1.29, 1.82) is 0 Å². The third-order valence-electron chi connectivity index (χ3n) is 6.81. The van der Waals surface area contributed by atoms with E-state index >= 15 is 0 Å². The number of aromatic nitrogens is 1. The Morgan fingerprint density at radius 3 is 2.18 bits per heavy atom. The Balaban J connectivity index is 1.84. The maximum Gasteiger partial charge on any atom is 0.416 e. The minimum Gasteiger partial charge on any atom is -0.455 e. The van der Waals surface area contributed by atoms with Crippen LogP contribution in [0.15, 0.2) is 100 Å². The Labute approximate surface area is 234 Å². The monoisotopic (exact) mass is 612 g/mol. The largest absolute Gasteiger partial charge is 0.455 e. The van der Waals surface area contributed by atoms with E-state index in [1.165, 1.54) is 6.07 Å². The van der Waals surface area contributed by atoms with Crippen LogP contribution in [0.3, 0.4) is 0 Å². The number of alkyl halides is 3. The number of para-hydroxylation sites is 1. The van der Waals surface area contributed by atoms with Gasteiger partial charge in [0.05, 0.1) is 11.3 Å². The molecule has 0 bridgehead atoms. The molecule has 1 heterocycles. The molecule has 1 unspecified atom stereocenters. The highest BCUT2D eigenvalue weighted by Gasteiger charge is 2.40. The van der Waals surface area contributed by atoms with E-state index in [0.717, 1.165) is 50.3 Å². The molecule has 0 saturated carbocycles. The molecule has 3 nitrogen and oxygen atoms in total. The maximum atomic E-state index is 13.6. The van der Waals surface area contributed by atoms with Crippen molar-refractivity contribution in [3.05, 3.63) is 101 Å². The molecule has 5 rings (SSSR count). The van der Waals surface area contributed by atoms with Crippen LogP contribution in [0, 0.1) is 0 Å². The third-order valence-corrected chi connectivity index (χ3v) is 11.1. The number of rotatable bonds is 5. The van der Waals surface area contributed by atoms with Gasteiger partial charge in [0.25, 0.3) is 0 Å². The van der Waals surface area contributed by atoms with Gasteiger partial charge >= 0.3 is 6.18 Å². The predicted molar refractivity (Wildman–Crippen MR) is 160 cm³/mol. The number of hydrogen-bond acceptors (Lipinski definition) is 2. The van der Waals surface area contributed by atoms with Crippen molar-refractivity contribution in [2.75, 3.05) is 0 Å². The molecule has 0 fully saturated rings. The zero-order chi connectivity index (χ0) is 28.0. The molecule has 0 aliphatic heterocycles. The minimum atomic E-state index is -4.47. The van der Waals surface area contributed by atoms with Gasteiger partial charge in [-0.15, -0.1) is 0 Å². The second-order valence-electron chi connectivity index (χ2n) is 10.4. The van der Waals surface area contributed by atoms with Gasteiger partial charge in [0, 0.05) is 43.3 Å². The van der Waals surface area contributed by atoms with Gasteiger partial charge < -0.3 is 9.09 Å². The zero-order valence-corrected chi connectivity index (χ0v) is 24.6. The Bertz CT molecular complexity index is 1720. The van der Waals surface area contributed by atoms with Gasteiger partial charge in [0.2, 0.25) is 0 Å². The summed E-state index contributed by atoms with van der Waals surface area (Å²) in [6, 6.07) is 27.2. The van der Waals surface area contributed by atoms with Crippen LogP contribution in [0.1, 0.15) is 33.3 Å². The summed E-state index contributed by atoms with van der Waals surface area (Å²) in [4.78, 5) is 0. The Hall–Kier alpha value is -3.02. The predicted octanol–water partition coefficient (Wildman–Crippen LogP) is 10.5. The van der Waals surface area contributed by atoms with Crippen LogP contribution in [-0.4, -0.2) is 9.72 Å². The topological polar surface area (TPSA) is 26.5 Å². The fraction of sp³-hybridized carbons (Fsp3) is 0.226. The van der Waals surface area contributed by atoms with Crippen molar-refractivity contribution < 1.29 is 17.7 Å². The number of hydrogen-bond donors (Lipinski definition) is 0. The fourth-order valence-corrected chi connectivity index (χ4v) is 8.26. The second kappa shape index (κ2) is 10.2. The lowest BCUT2D eigenvalue weighted by atomic mass is 10.1. The molecular formula is C31H29BrF3N2OP. The summed E-state index contributed by atoms with van der Waals surface area (Å²) >= 11 is 3.47. The number of nitrogens with zero attached hydrogens (tertiary/aromatic N) is 2. The molecule has 202 valence electrons. The molecule has 1 aromatic heterocycles. The van der Waals surface area contributed by atoms with Gasteiger partial charge in [-0.25, -0.2) is 4.74 Å². The Morgan fingerprint density at radius 2 is 1.51 bits per heavy atom. The molecule has 0 amide bonds. The van der Waals surface area contributed by atoms with Crippen molar-refractivity contribution >= 4 is 56.0 Å². The van der Waals surface area contributed by atoms with E-state index in [4.69, 9.17) is 9.27 Å². The van der Waals surface area contributed by atoms with Crippen molar-refractivity contribution in [2.24, 2.45) is 4.74 Å². The molecule has 5 aromatic rings. The quantitative estimate of drug-likeness (QED) is 0.181. The number of fused-ring (bicyclic) bond motifs is 3. The van der Waals surface area contributed by atoms with Crippen LogP contribution in [0.2, 0.25) is 0 Å². The molecule has 0 aliphatic rings. The van der Waals surface area contributed by atoms with E-state index in [-0.39, 0.29) is 5.69 Å². The molecule has 39 heavy (non-hydrogen) atoms. The van der Waals surface area contributed by atoms with Crippen molar-refractivity contribution in [2.45, 2.75) is 45.6 Å². The lowest BCUT2D eigenvalue weighted by Crippen LogP contribution is -2.27. The van der Waals surface area contributed by atoms with Crippen molar-refractivity contribution in [3.63, 3.8) is 0 Å². The fourth-order valence-electron chi connectivity index (χ4n) is 4.93. The van der Waals surface area contributed by atoms with Crippen LogP contribution in [0.25, 0.3) is 21.8 Å². The Morgan fingerprint density at radius 1 is 0.821 bits per heavy atom. The Kier molecular flexibility index (Phi) is 7.19. The smallest absolute Gasteiger partial charge is 0.416 e. The van der Waals surface area contributed by atoms with Crippen LogP contribution in [0.4, 0.5) is 18.9 Å². The first-order valence-electron chi connectivity index (χ1n) is 12.7. The molecule has 1 atom stereocenters. The summed E-state index contributed by atoms with van der Waals surface area (Å²) in [6.45, 7) is 9.04. The van der Waals surface area contributed by atoms with Crippen LogP contribution in [0.5, 0.6) is 5.75 Å². The van der Waals surface area contributed by atoms with Gasteiger partial charge in [-0.3, -0.25) is 0 Å². The highest BCUT2D eigenvalue weighted by atomic mass is 79.9. The summed E-state index contributed by atoms with van der Waals surface area (Å²) in [5.74, 6) is 0.605. The number of aryl methyl sites for hydroxylation is 1. The summed E-state index contributed by atoms with van der Waals surface area (Å²) in [5, 5.41) is 2.50. The normalized spacial score (nSPS) is 13.9. The first-order chi connectivity index (χ1) is 18.4. The van der Waals surface area contributed by atoms with Crippen LogP contribution < -0.4 is 9.83 Å². The van der Waals surface area contributed by atoms with Crippen molar-refractivity contribution in [1.82, 2.24) is 4.57 Å². The molecule has 0 radical (unpaired) electrons. The van der Waals surface area contributed by atoms with Gasteiger partial charge in [-0.1, -0.05) is 61.0 Å². The summed E-state index contributed by atoms with van der Waals surface area (Å²) in [7, 11) is -3.01. The first-order valence-corrected chi connectivity index (χ1v) is 15.1. The third kappa shape index (κ3) is 5.15. The summed E-state index contributed by atoms with van der Waals surface area (Å²) in [5.41, 5.74) is 1.73. The van der Waals surface area contributed by atoms with Gasteiger partial charge in [-0.05, 0) is 73.7 Å². The minimum absolute atomic E-state index is 0.237. The number of halogens is 4. The zero-order valence-electron chi connectivity index (χ0n) is 22.1. The molecule has 0 spiro atoms. The van der Waals surface area contributed by atoms with Gasteiger partial charge in [0.1, 0.15) is 5.75 Å². The molecule has 0 N–H and O–H groups in total. The summed E-state index contributed by atoms with van der Waals surface area (Å²) in [6.07, 6.45) is -4.47. The molecule has 0 aliphatic carbocycles. The van der Waals surface area contributed by atoms with Gasteiger partial charge in [-0.2, -0.15) is 13.2 Å². The highest BCUT2D eigenvalue weighted by Crippen LogP contribution is 2.62. The van der Waals surface area contributed by atoms with Crippen molar-refractivity contribution in [3.8, 4) is 5.75 Å². The number of benzene rings is 4. The average Bonchev–Trinajstić information content (AvgIpc) is 3.21. The molecule has 8 heteroatoms. The van der Waals surface area contributed by atoms with E-state index < -0.39 is 24.2 Å². The van der Waals surface area contributed by atoms with Gasteiger partial charge in [0.15, 0.2) is 7.28 Å². The maximum absolute atomic E-state index is 13.6. The van der Waals surface area contributed by atoms with E-state index in [9.17, 15) is 13.2 Å². The molecule has 4 aromatic carbocycles. The second-order valence-corrected chi connectivity index (χ2v) is 14.7. The van der Waals surface area contributed by atoms with E-state index in [0.29, 0.717) is 5.75 Å². The molecule has 0 saturated heterocycles. The lowest BCUT2D eigenvalue weighted by molar-refractivity contribution is -0.137. The SMILES string of the molecule is CCn1c2ccccc2c2cc(P(=Nc3cccc(C(F)(F)F)c3)(Oc3ccc(Br)cc3)C(C)(C)C)ccc21. The first kappa shape index (κ1) is 27.5. The van der Waals surface area contributed by atoms with Crippen LogP contribution >= 0.6 is 23.2 Å². The average molecular weight is 613 g/mol. The lowest BCUT2D eigenvalue weighted by Gasteiger charge is -2.37. The van der Waals surface area contributed by atoms with Crippen LogP contribution in [-0.2, 0) is 12.7 Å². The summed E-state index contributed by atoms with van der Waals surface area (Å²) < 4.78 is 56.0. The molecular weight excluding hydrogens is 584 g/mol. The van der Waals surface area contributed by atoms with E-state index in [2.05, 4.69) is 51.7 Å². The van der Waals surface area contributed by atoms with E-state index in [1.54, 1.807) is 6.07 Å². The van der Waals surface area contributed by atoms with E-state index in [1.807, 2.05) is 63.2 Å². The highest BCUT2D eigenvalue weighted by molar-refractivity contribution is 9.10.